The molecule has 12 heteroatoms. The maximum atomic E-state index is 12.7. The number of nitrogen functional groups attached to an aromatic ring is 1. The highest BCUT2D eigenvalue weighted by Crippen LogP contribution is 2.30. The summed E-state index contributed by atoms with van der Waals surface area (Å²) in [5, 5.41) is 0.632. The maximum absolute atomic E-state index is 12.7. The predicted octanol–water partition coefficient (Wildman–Crippen LogP) is 3.60. The number of rotatable bonds is 5. The van der Waals surface area contributed by atoms with Gasteiger partial charge < -0.3 is 19.1 Å². The van der Waals surface area contributed by atoms with E-state index in [1.165, 1.54) is 31.4 Å². The summed E-state index contributed by atoms with van der Waals surface area (Å²) in [7, 11) is -3.02. The molecule has 2 N–H and O–H groups in total. The van der Waals surface area contributed by atoms with Crippen LogP contribution in [0.2, 0.25) is 0 Å². The summed E-state index contributed by atoms with van der Waals surface area (Å²) < 4.78 is 40.5. The molecule has 10 nitrogen and oxygen atoms in total. The predicted molar refractivity (Wildman–Crippen MR) is 129 cm³/mol. The Morgan fingerprint density at radius 1 is 1.06 bits per heavy atom. The van der Waals surface area contributed by atoms with Gasteiger partial charge in [0, 0.05) is 10.9 Å². The molecule has 176 valence electrons. The van der Waals surface area contributed by atoms with Crippen LogP contribution in [0.5, 0.6) is 5.75 Å². The number of aromatic nitrogens is 2. The smallest absolute Gasteiger partial charge is 0.349 e. The molecule has 0 aliphatic heterocycles. The van der Waals surface area contributed by atoms with Crippen LogP contribution in [0.15, 0.2) is 74.1 Å². The SMILES string of the molecule is COC(=O)c1ccc(S(=O)(=O)Oc2cccc(-c3nc(N)c4c(=O)oc5ccccc5c4n3)c2)s1. The van der Waals surface area contributed by atoms with Crippen LogP contribution in [0, 0.1) is 0 Å². The second-order valence-corrected chi connectivity index (χ2v) is 10.1. The summed E-state index contributed by atoms with van der Waals surface area (Å²) >= 11 is 0.731. The van der Waals surface area contributed by atoms with Crippen molar-refractivity contribution in [3.63, 3.8) is 0 Å². The van der Waals surface area contributed by atoms with E-state index in [1.54, 1.807) is 36.4 Å². The van der Waals surface area contributed by atoms with Gasteiger partial charge in [0.2, 0.25) is 0 Å². The molecule has 0 spiro atoms. The van der Waals surface area contributed by atoms with Gasteiger partial charge in [-0.25, -0.2) is 19.6 Å². The van der Waals surface area contributed by atoms with E-state index in [9.17, 15) is 18.0 Å². The van der Waals surface area contributed by atoms with Gasteiger partial charge in [-0.2, -0.15) is 8.42 Å². The molecule has 0 unspecified atom stereocenters. The van der Waals surface area contributed by atoms with Crippen molar-refractivity contribution in [3.05, 3.63) is 76.0 Å². The zero-order chi connectivity index (χ0) is 24.7. The van der Waals surface area contributed by atoms with Crippen molar-refractivity contribution in [3.8, 4) is 17.1 Å². The van der Waals surface area contributed by atoms with Crippen LogP contribution in [-0.2, 0) is 14.9 Å². The molecule has 0 saturated carbocycles. The lowest BCUT2D eigenvalue weighted by Gasteiger charge is -2.09. The van der Waals surface area contributed by atoms with Gasteiger partial charge in [-0.05, 0) is 36.4 Å². The minimum Gasteiger partial charge on any atom is -0.465 e. The lowest BCUT2D eigenvalue weighted by Crippen LogP contribution is -2.09. The fraction of sp³-hybridized carbons (Fsp3) is 0.0435. The monoisotopic (exact) mass is 509 g/mol. The maximum Gasteiger partial charge on any atom is 0.349 e. The summed E-state index contributed by atoms with van der Waals surface area (Å²) in [4.78, 5) is 32.9. The van der Waals surface area contributed by atoms with Gasteiger partial charge in [-0.1, -0.05) is 24.3 Å². The van der Waals surface area contributed by atoms with Crippen LogP contribution >= 0.6 is 11.3 Å². The number of thiophene rings is 1. The number of esters is 1. The summed E-state index contributed by atoms with van der Waals surface area (Å²) in [6, 6.07) is 15.6. The van der Waals surface area contributed by atoms with Crippen molar-refractivity contribution in [2.75, 3.05) is 12.8 Å². The average Bonchev–Trinajstić information content (AvgIpc) is 3.35. The molecule has 2 aromatic carbocycles. The molecule has 0 amide bonds. The lowest BCUT2D eigenvalue weighted by molar-refractivity contribution is 0.0606. The fourth-order valence-corrected chi connectivity index (χ4v) is 5.53. The highest BCUT2D eigenvalue weighted by Gasteiger charge is 2.22. The molecular formula is C23H15N3O7S2. The van der Waals surface area contributed by atoms with Crippen LogP contribution in [-0.4, -0.2) is 31.5 Å². The van der Waals surface area contributed by atoms with Crippen LogP contribution < -0.4 is 15.5 Å². The molecule has 35 heavy (non-hydrogen) atoms. The third kappa shape index (κ3) is 4.09. The molecule has 0 saturated heterocycles. The molecule has 5 rings (SSSR count). The number of carbonyl (C=O) groups excluding carboxylic acids is 1. The summed E-state index contributed by atoms with van der Waals surface area (Å²) in [6.07, 6.45) is 0. The highest BCUT2D eigenvalue weighted by molar-refractivity contribution is 7.89. The highest BCUT2D eigenvalue weighted by atomic mass is 32.3. The number of hydrogen-bond donors (Lipinski definition) is 1. The Bertz CT molecular complexity index is 1790. The number of methoxy groups -OCH3 is 1. The number of nitrogens with zero attached hydrogens (tertiary/aromatic N) is 2. The number of nitrogens with two attached hydrogens (primary N) is 1. The molecule has 0 atom stereocenters. The third-order valence-electron chi connectivity index (χ3n) is 5.00. The van der Waals surface area contributed by atoms with E-state index in [1.807, 2.05) is 0 Å². The second-order valence-electron chi connectivity index (χ2n) is 7.22. The summed E-state index contributed by atoms with van der Waals surface area (Å²) in [5.74, 6) is -0.559. The quantitative estimate of drug-likeness (QED) is 0.161. The molecule has 5 aromatic rings. The van der Waals surface area contributed by atoms with Gasteiger partial charge in [0.05, 0.1) is 12.6 Å². The Morgan fingerprint density at radius 2 is 1.86 bits per heavy atom. The molecule has 0 aliphatic rings. The van der Waals surface area contributed by atoms with E-state index in [-0.39, 0.29) is 31.9 Å². The molecule has 0 fully saturated rings. The fourth-order valence-electron chi connectivity index (χ4n) is 3.43. The molecule has 0 aliphatic carbocycles. The Labute approximate surface area is 201 Å². The number of carbonyl (C=O) groups is 1. The number of benzene rings is 2. The first-order chi connectivity index (χ1) is 16.8. The third-order valence-corrected chi connectivity index (χ3v) is 7.76. The first-order valence-corrected chi connectivity index (χ1v) is 12.2. The molecular weight excluding hydrogens is 494 g/mol. The van der Waals surface area contributed by atoms with E-state index >= 15 is 0 Å². The normalized spacial score (nSPS) is 11.6. The zero-order valence-corrected chi connectivity index (χ0v) is 19.6. The van der Waals surface area contributed by atoms with Crippen molar-refractivity contribution in [1.29, 1.82) is 0 Å². The summed E-state index contributed by atoms with van der Waals surface area (Å²) in [5.41, 5.74) is 6.47. The van der Waals surface area contributed by atoms with Gasteiger partial charge in [-0.3, -0.25) is 0 Å². The lowest BCUT2D eigenvalue weighted by atomic mass is 10.1. The first kappa shape index (κ1) is 22.5. The Balaban J connectivity index is 1.55. The topological polar surface area (TPSA) is 152 Å². The molecule has 0 radical (unpaired) electrons. The second kappa shape index (κ2) is 8.49. The average molecular weight is 510 g/mol. The van der Waals surface area contributed by atoms with Gasteiger partial charge in [0.1, 0.15) is 27.4 Å². The number of hydrogen-bond acceptors (Lipinski definition) is 11. The van der Waals surface area contributed by atoms with E-state index in [0.717, 1.165) is 11.3 Å². The van der Waals surface area contributed by atoms with Gasteiger partial charge in [0.15, 0.2) is 10.0 Å². The molecule has 3 heterocycles. The van der Waals surface area contributed by atoms with Crippen LogP contribution in [0.3, 0.4) is 0 Å². The van der Waals surface area contributed by atoms with E-state index in [0.29, 0.717) is 22.0 Å². The Morgan fingerprint density at radius 3 is 2.66 bits per heavy atom. The van der Waals surface area contributed by atoms with Crippen molar-refractivity contribution in [2.45, 2.75) is 4.21 Å². The minimum absolute atomic E-state index is 0.00443. The van der Waals surface area contributed by atoms with E-state index in [2.05, 4.69) is 14.7 Å². The van der Waals surface area contributed by atoms with Crippen molar-refractivity contribution in [1.82, 2.24) is 9.97 Å². The number of ether oxygens (including phenoxy) is 1. The first-order valence-electron chi connectivity index (χ1n) is 9.99. The van der Waals surface area contributed by atoms with Crippen LogP contribution in [0.25, 0.3) is 33.3 Å². The van der Waals surface area contributed by atoms with Gasteiger partial charge >= 0.3 is 21.7 Å². The molecule has 3 aromatic heterocycles. The Hall–Kier alpha value is -4.29. The number of fused-ring (bicyclic) bond motifs is 3. The van der Waals surface area contributed by atoms with Crippen molar-refractivity contribution in [2.24, 2.45) is 0 Å². The largest absolute Gasteiger partial charge is 0.465 e. The Kier molecular flexibility index (Phi) is 5.46. The van der Waals surface area contributed by atoms with Gasteiger partial charge in [-0.15, -0.1) is 11.3 Å². The summed E-state index contributed by atoms with van der Waals surface area (Å²) in [6.45, 7) is 0. The molecule has 0 bridgehead atoms. The van der Waals surface area contributed by atoms with Gasteiger partial charge in [0.25, 0.3) is 0 Å². The minimum atomic E-state index is -4.22. The zero-order valence-electron chi connectivity index (χ0n) is 17.9. The van der Waals surface area contributed by atoms with E-state index < -0.39 is 21.7 Å². The van der Waals surface area contributed by atoms with Crippen LogP contribution in [0.1, 0.15) is 9.67 Å². The van der Waals surface area contributed by atoms with Crippen LogP contribution in [0.4, 0.5) is 5.82 Å². The van der Waals surface area contributed by atoms with E-state index in [4.69, 9.17) is 14.3 Å². The number of para-hydroxylation sites is 1. The number of anilines is 1. The van der Waals surface area contributed by atoms with Crippen molar-refractivity contribution < 1.29 is 26.5 Å². The van der Waals surface area contributed by atoms with Crippen molar-refractivity contribution >= 4 is 55.1 Å². The standard InChI is InChI=1S/C23H15N3O7S2/c1-31-22(27)16-9-10-17(34-16)35(29,30)33-13-6-4-5-12(11-13)21-25-19-14-7-2-3-8-15(14)32-23(28)18(19)20(24)26-21/h2-11H,1H3,(H2,24,25,26).